The summed E-state index contributed by atoms with van der Waals surface area (Å²) in [5.74, 6) is 0.396. The second kappa shape index (κ2) is 7.04. The molecule has 0 aromatic heterocycles. The third-order valence-corrected chi connectivity index (χ3v) is 4.15. The Labute approximate surface area is 121 Å². The molecule has 0 amide bonds. The summed E-state index contributed by atoms with van der Waals surface area (Å²) in [7, 11) is 3.66. The molecule has 1 aliphatic rings. The van der Waals surface area contributed by atoms with Gasteiger partial charge in [0.1, 0.15) is 5.82 Å². The fourth-order valence-corrected chi connectivity index (χ4v) is 2.97. The second-order valence-electron chi connectivity index (χ2n) is 5.62. The van der Waals surface area contributed by atoms with Crippen LogP contribution in [-0.4, -0.2) is 33.9 Å². The average molecular weight is 280 g/mol. The lowest BCUT2D eigenvalue weighted by Gasteiger charge is -2.36. The molecule has 1 aromatic rings. The van der Waals surface area contributed by atoms with E-state index in [1.807, 2.05) is 13.1 Å². The number of anilines is 1. The number of rotatable bonds is 5. The molecule has 1 saturated heterocycles. The van der Waals surface area contributed by atoms with Crippen molar-refractivity contribution in [2.75, 3.05) is 38.8 Å². The van der Waals surface area contributed by atoms with Crippen LogP contribution in [0.5, 0.6) is 0 Å². The molecule has 2 unspecified atom stereocenters. The van der Waals surface area contributed by atoms with Gasteiger partial charge in [0.05, 0.1) is 6.61 Å². The highest BCUT2D eigenvalue weighted by Gasteiger charge is 2.23. The van der Waals surface area contributed by atoms with E-state index in [4.69, 9.17) is 4.74 Å². The number of benzene rings is 1. The van der Waals surface area contributed by atoms with Gasteiger partial charge in [-0.15, -0.1) is 0 Å². The van der Waals surface area contributed by atoms with Gasteiger partial charge >= 0.3 is 0 Å². The molecule has 0 saturated carbocycles. The van der Waals surface area contributed by atoms with Gasteiger partial charge in [-0.2, -0.15) is 0 Å². The molecular weight excluding hydrogens is 255 g/mol. The summed E-state index contributed by atoms with van der Waals surface area (Å²) in [6.07, 6.45) is 2.38. The molecule has 1 aliphatic heterocycles. The predicted octanol–water partition coefficient (Wildman–Crippen LogP) is 2.97. The number of halogens is 1. The highest BCUT2D eigenvalue weighted by molar-refractivity contribution is 5.55. The van der Waals surface area contributed by atoms with Crippen LogP contribution in [0, 0.1) is 11.7 Å². The van der Waals surface area contributed by atoms with Crippen LogP contribution in [-0.2, 0) is 4.74 Å². The summed E-state index contributed by atoms with van der Waals surface area (Å²) in [6, 6.07) is 5.26. The Hall–Kier alpha value is -1.13. The van der Waals surface area contributed by atoms with E-state index in [2.05, 4.69) is 17.1 Å². The molecule has 0 spiro atoms. The lowest BCUT2D eigenvalue weighted by atomic mass is 9.96. The molecule has 0 bridgehead atoms. The zero-order chi connectivity index (χ0) is 14.5. The smallest absolute Gasteiger partial charge is 0.123 e. The summed E-state index contributed by atoms with van der Waals surface area (Å²) in [5, 5.41) is 3.21. The van der Waals surface area contributed by atoms with Gasteiger partial charge in [0.2, 0.25) is 0 Å². The average Bonchev–Trinajstić information content (AvgIpc) is 2.47. The molecule has 1 aromatic carbocycles. The van der Waals surface area contributed by atoms with E-state index in [0.29, 0.717) is 5.92 Å². The maximum atomic E-state index is 13.5. The molecular formula is C16H25FN2O. The van der Waals surface area contributed by atoms with Crippen LogP contribution >= 0.6 is 0 Å². The van der Waals surface area contributed by atoms with Crippen molar-refractivity contribution in [3.8, 4) is 0 Å². The number of nitrogens with zero attached hydrogens (tertiary/aromatic N) is 1. The van der Waals surface area contributed by atoms with Gasteiger partial charge in [-0.05, 0) is 56.5 Å². The van der Waals surface area contributed by atoms with Crippen molar-refractivity contribution < 1.29 is 9.13 Å². The fraction of sp³-hybridized carbons (Fsp3) is 0.625. The standard InChI is InChI=1S/C16H25FN2O/c1-12(18-2)15-9-14(17)6-7-16(15)19-8-4-5-13(10-19)11-20-3/h6-7,9,12-13,18H,4-5,8,10-11H2,1-3H3. The fourth-order valence-electron chi connectivity index (χ4n) is 2.97. The summed E-state index contributed by atoms with van der Waals surface area (Å²) in [6.45, 7) is 4.89. The van der Waals surface area contributed by atoms with Gasteiger partial charge in [-0.3, -0.25) is 0 Å². The van der Waals surface area contributed by atoms with E-state index >= 15 is 0 Å². The van der Waals surface area contributed by atoms with Crippen LogP contribution in [0.25, 0.3) is 0 Å². The third-order valence-electron chi connectivity index (χ3n) is 4.15. The summed E-state index contributed by atoms with van der Waals surface area (Å²) >= 11 is 0. The topological polar surface area (TPSA) is 24.5 Å². The highest BCUT2D eigenvalue weighted by atomic mass is 19.1. The van der Waals surface area contributed by atoms with Gasteiger partial charge < -0.3 is 15.0 Å². The van der Waals surface area contributed by atoms with Crippen LogP contribution in [0.3, 0.4) is 0 Å². The van der Waals surface area contributed by atoms with Crippen LogP contribution in [0.4, 0.5) is 10.1 Å². The molecule has 2 atom stereocenters. The van der Waals surface area contributed by atoms with Crippen molar-refractivity contribution in [3.05, 3.63) is 29.6 Å². The minimum atomic E-state index is -0.170. The Morgan fingerprint density at radius 2 is 2.30 bits per heavy atom. The van der Waals surface area contributed by atoms with Gasteiger partial charge in [0, 0.05) is 31.9 Å². The number of hydrogen-bond acceptors (Lipinski definition) is 3. The Morgan fingerprint density at radius 1 is 1.50 bits per heavy atom. The molecule has 0 aliphatic carbocycles. The molecule has 3 nitrogen and oxygen atoms in total. The van der Waals surface area contributed by atoms with Gasteiger partial charge in [0.15, 0.2) is 0 Å². The van der Waals surface area contributed by atoms with Crippen molar-refractivity contribution in [2.45, 2.75) is 25.8 Å². The second-order valence-corrected chi connectivity index (χ2v) is 5.62. The monoisotopic (exact) mass is 280 g/mol. The first-order valence-electron chi connectivity index (χ1n) is 7.36. The molecule has 20 heavy (non-hydrogen) atoms. The van der Waals surface area contributed by atoms with Crippen molar-refractivity contribution in [1.82, 2.24) is 5.32 Å². The largest absolute Gasteiger partial charge is 0.384 e. The minimum absolute atomic E-state index is 0.142. The van der Waals surface area contributed by atoms with E-state index in [9.17, 15) is 4.39 Å². The Bertz CT molecular complexity index is 436. The summed E-state index contributed by atoms with van der Waals surface area (Å²) in [5.41, 5.74) is 2.18. The zero-order valence-corrected chi connectivity index (χ0v) is 12.7. The predicted molar refractivity (Wildman–Crippen MR) is 80.7 cm³/mol. The van der Waals surface area contributed by atoms with E-state index < -0.39 is 0 Å². The first kappa shape index (κ1) is 15.3. The first-order chi connectivity index (χ1) is 9.65. The molecule has 1 heterocycles. The molecule has 4 heteroatoms. The number of hydrogen-bond donors (Lipinski definition) is 1. The van der Waals surface area contributed by atoms with E-state index in [0.717, 1.165) is 30.9 Å². The number of nitrogens with one attached hydrogen (secondary N) is 1. The maximum absolute atomic E-state index is 13.5. The number of methoxy groups -OCH3 is 1. The Morgan fingerprint density at radius 3 is 3.00 bits per heavy atom. The molecule has 1 N–H and O–H groups in total. The lowest BCUT2D eigenvalue weighted by Crippen LogP contribution is -2.38. The normalized spacial score (nSPS) is 21.0. The quantitative estimate of drug-likeness (QED) is 0.897. The van der Waals surface area contributed by atoms with Crippen molar-refractivity contribution in [1.29, 1.82) is 0 Å². The van der Waals surface area contributed by atoms with Crippen LogP contribution in [0.15, 0.2) is 18.2 Å². The highest BCUT2D eigenvalue weighted by Crippen LogP contribution is 2.30. The van der Waals surface area contributed by atoms with Crippen molar-refractivity contribution in [3.63, 3.8) is 0 Å². The number of ether oxygens (including phenoxy) is 1. The molecule has 0 radical (unpaired) electrons. The third kappa shape index (κ3) is 3.49. The Kier molecular flexibility index (Phi) is 5.38. The molecule has 112 valence electrons. The van der Waals surface area contributed by atoms with Crippen LogP contribution in [0.2, 0.25) is 0 Å². The van der Waals surface area contributed by atoms with Crippen LogP contribution < -0.4 is 10.2 Å². The van der Waals surface area contributed by atoms with E-state index in [1.54, 1.807) is 19.2 Å². The van der Waals surface area contributed by atoms with Crippen molar-refractivity contribution in [2.24, 2.45) is 5.92 Å². The Balaban J connectivity index is 2.22. The van der Waals surface area contributed by atoms with E-state index in [-0.39, 0.29) is 11.9 Å². The maximum Gasteiger partial charge on any atom is 0.123 e. The van der Waals surface area contributed by atoms with Gasteiger partial charge in [0.25, 0.3) is 0 Å². The summed E-state index contributed by atoms with van der Waals surface area (Å²) in [4.78, 5) is 2.37. The van der Waals surface area contributed by atoms with E-state index in [1.165, 1.54) is 12.8 Å². The van der Waals surface area contributed by atoms with Gasteiger partial charge in [-0.1, -0.05) is 0 Å². The van der Waals surface area contributed by atoms with Crippen LogP contribution in [0.1, 0.15) is 31.4 Å². The minimum Gasteiger partial charge on any atom is -0.384 e. The SMILES string of the molecule is CNC(C)c1cc(F)ccc1N1CCCC(COC)C1. The van der Waals surface area contributed by atoms with Crippen molar-refractivity contribution >= 4 is 5.69 Å². The number of piperidine rings is 1. The summed E-state index contributed by atoms with van der Waals surface area (Å²) < 4.78 is 18.8. The first-order valence-corrected chi connectivity index (χ1v) is 7.36. The molecule has 1 fully saturated rings. The molecule has 2 rings (SSSR count). The van der Waals surface area contributed by atoms with Gasteiger partial charge in [-0.25, -0.2) is 4.39 Å². The lowest BCUT2D eigenvalue weighted by molar-refractivity contribution is 0.143. The zero-order valence-electron chi connectivity index (χ0n) is 12.7.